The molecule has 1 heteroatoms. The summed E-state index contributed by atoms with van der Waals surface area (Å²) in [5.74, 6) is 0. The van der Waals surface area contributed by atoms with E-state index in [4.69, 9.17) is 0 Å². The summed E-state index contributed by atoms with van der Waals surface area (Å²) >= 11 is 1.87. The van der Waals surface area contributed by atoms with Crippen LogP contribution in [0.15, 0.2) is 91.0 Å². The van der Waals surface area contributed by atoms with Gasteiger partial charge in [0.25, 0.3) is 0 Å². The monoisotopic (exact) mass is 350 g/mol. The molecule has 1 heterocycles. The summed E-state index contributed by atoms with van der Waals surface area (Å²) in [6.07, 6.45) is 0. The Labute approximate surface area is 157 Å². The third-order valence-electron chi connectivity index (χ3n) is 5.05. The van der Waals surface area contributed by atoms with Gasteiger partial charge in [0.1, 0.15) is 0 Å². The fraction of sp³-hybridized carbons (Fsp3) is 0.0400. The van der Waals surface area contributed by atoms with Crippen LogP contribution in [0.5, 0.6) is 0 Å². The number of hydrogen-bond acceptors (Lipinski definition) is 1. The van der Waals surface area contributed by atoms with Crippen molar-refractivity contribution in [2.24, 2.45) is 0 Å². The van der Waals surface area contributed by atoms with E-state index in [1.54, 1.807) is 0 Å². The van der Waals surface area contributed by atoms with Gasteiger partial charge in [-0.3, -0.25) is 0 Å². The summed E-state index contributed by atoms with van der Waals surface area (Å²) in [5, 5.41) is 2.70. The lowest BCUT2D eigenvalue weighted by molar-refractivity contribution is 1.46. The normalized spacial score (nSPS) is 11.3. The van der Waals surface area contributed by atoms with Crippen LogP contribution < -0.4 is 0 Å². The Bertz CT molecular complexity index is 1240. The van der Waals surface area contributed by atoms with E-state index in [0.717, 1.165) is 0 Å². The summed E-state index contributed by atoms with van der Waals surface area (Å²) in [6, 6.07) is 32.9. The molecule has 0 aliphatic rings. The standard InChI is InChI=1S/C25H18S/c1-17-8-2-3-9-19(17)21-11-5-4-10-20(21)18-14-15-25-23(16-18)22-12-6-7-13-24(22)26-25/h2-16H,1H3. The van der Waals surface area contributed by atoms with E-state index in [-0.39, 0.29) is 0 Å². The zero-order valence-corrected chi connectivity index (χ0v) is 15.4. The molecule has 26 heavy (non-hydrogen) atoms. The number of fused-ring (bicyclic) bond motifs is 3. The van der Waals surface area contributed by atoms with Gasteiger partial charge in [-0.1, -0.05) is 72.8 Å². The SMILES string of the molecule is Cc1ccccc1-c1ccccc1-c1ccc2sc3ccccc3c2c1. The van der Waals surface area contributed by atoms with Crippen molar-refractivity contribution in [2.75, 3.05) is 0 Å². The predicted molar refractivity (Wildman–Crippen MR) is 115 cm³/mol. The van der Waals surface area contributed by atoms with Crippen LogP contribution in [-0.2, 0) is 0 Å². The van der Waals surface area contributed by atoms with E-state index in [0.29, 0.717) is 0 Å². The maximum absolute atomic E-state index is 2.35. The summed E-state index contributed by atoms with van der Waals surface area (Å²) in [5.41, 5.74) is 6.48. The molecule has 0 bridgehead atoms. The Morgan fingerprint density at radius 1 is 0.538 bits per heavy atom. The van der Waals surface area contributed by atoms with Crippen molar-refractivity contribution in [3.63, 3.8) is 0 Å². The zero-order chi connectivity index (χ0) is 17.5. The van der Waals surface area contributed by atoms with Crippen LogP contribution in [-0.4, -0.2) is 0 Å². The Hall–Kier alpha value is -2.90. The predicted octanol–water partition coefficient (Wildman–Crippen LogP) is 7.70. The lowest BCUT2D eigenvalue weighted by Crippen LogP contribution is -1.87. The molecule has 0 nitrogen and oxygen atoms in total. The number of thiophene rings is 1. The number of benzene rings is 4. The van der Waals surface area contributed by atoms with Crippen LogP contribution >= 0.6 is 11.3 Å². The average molecular weight is 350 g/mol. The van der Waals surface area contributed by atoms with E-state index in [9.17, 15) is 0 Å². The Balaban J connectivity index is 1.76. The highest BCUT2D eigenvalue weighted by molar-refractivity contribution is 7.25. The van der Waals surface area contributed by atoms with Crippen molar-refractivity contribution in [2.45, 2.75) is 6.92 Å². The van der Waals surface area contributed by atoms with Crippen LogP contribution in [0.2, 0.25) is 0 Å². The Morgan fingerprint density at radius 2 is 1.19 bits per heavy atom. The third-order valence-corrected chi connectivity index (χ3v) is 6.20. The van der Waals surface area contributed by atoms with E-state index in [2.05, 4.69) is 97.9 Å². The summed E-state index contributed by atoms with van der Waals surface area (Å²) < 4.78 is 2.70. The molecule has 0 spiro atoms. The first-order valence-corrected chi connectivity index (χ1v) is 9.69. The molecule has 0 aliphatic carbocycles. The van der Waals surface area contributed by atoms with Crippen molar-refractivity contribution in [1.82, 2.24) is 0 Å². The largest absolute Gasteiger partial charge is 0.135 e. The second-order valence-electron chi connectivity index (χ2n) is 6.67. The molecule has 0 saturated heterocycles. The van der Waals surface area contributed by atoms with Gasteiger partial charge in [0.05, 0.1) is 0 Å². The van der Waals surface area contributed by atoms with Crippen LogP contribution in [0.3, 0.4) is 0 Å². The average Bonchev–Trinajstić information content (AvgIpc) is 3.06. The van der Waals surface area contributed by atoms with Gasteiger partial charge < -0.3 is 0 Å². The van der Waals surface area contributed by atoms with Crippen LogP contribution in [0.25, 0.3) is 42.4 Å². The molecule has 0 N–H and O–H groups in total. The van der Waals surface area contributed by atoms with Crippen molar-refractivity contribution in [1.29, 1.82) is 0 Å². The minimum Gasteiger partial charge on any atom is -0.135 e. The van der Waals surface area contributed by atoms with E-state index in [1.807, 2.05) is 11.3 Å². The molecule has 0 unspecified atom stereocenters. The molecule has 0 radical (unpaired) electrons. The maximum Gasteiger partial charge on any atom is 0.0355 e. The fourth-order valence-corrected chi connectivity index (χ4v) is 4.82. The second-order valence-corrected chi connectivity index (χ2v) is 7.75. The van der Waals surface area contributed by atoms with Gasteiger partial charge in [-0.15, -0.1) is 11.3 Å². The van der Waals surface area contributed by atoms with Crippen molar-refractivity contribution >= 4 is 31.5 Å². The molecule has 0 atom stereocenters. The lowest BCUT2D eigenvalue weighted by Gasteiger charge is -2.12. The van der Waals surface area contributed by atoms with Gasteiger partial charge in [0, 0.05) is 20.2 Å². The van der Waals surface area contributed by atoms with E-state index >= 15 is 0 Å². The van der Waals surface area contributed by atoms with Crippen LogP contribution in [0, 0.1) is 6.92 Å². The molecule has 0 amide bonds. The number of hydrogen-bond donors (Lipinski definition) is 0. The number of rotatable bonds is 2. The molecular formula is C25H18S. The van der Waals surface area contributed by atoms with Gasteiger partial charge in [-0.2, -0.15) is 0 Å². The molecular weight excluding hydrogens is 332 g/mol. The van der Waals surface area contributed by atoms with Gasteiger partial charge in [-0.05, 0) is 52.9 Å². The van der Waals surface area contributed by atoms with Crippen molar-refractivity contribution in [3.8, 4) is 22.3 Å². The minimum atomic E-state index is 1.28. The molecule has 1 aromatic heterocycles. The lowest BCUT2D eigenvalue weighted by atomic mass is 9.92. The molecule has 124 valence electrons. The summed E-state index contributed by atoms with van der Waals surface area (Å²) in [7, 11) is 0. The van der Waals surface area contributed by atoms with Gasteiger partial charge in [-0.25, -0.2) is 0 Å². The van der Waals surface area contributed by atoms with Gasteiger partial charge in [0.2, 0.25) is 0 Å². The Kier molecular flexibility index (Phi) is 3.62. The molecule has 4 aromatic carbocycles. The van der Waals surface area contributed by atoms with Gasteiger partial charge in [0.15, 0.2) is 0 Å². The van der Waals surface area contributed by atoms with E-state index in [1.165, 1.54) is 48.0 Å². The fourth-order valence-electron chi connectivity index (χ4n) is 3.74. The van der Waals surface area contributed by atoms with Gasteiger partial charge >= 0.3 is 0 Å². The van der Waals surface area contributed by atoms with Crippen molar-refractivity contribution in [3.05, 3.63) is 96.6 Å². The highest BCUT2D eigenvalue weighted by atomic mass is 32.1. The minimum absolute atomic E-state index is 1.28. The molecule has 5 rings (SSSR count). The highest BCUT2D eigenvalue weighted by Crippen LogP contribution is 2.39. The van der Waals surface area contributed by atoms with Crippen molar-refractivity contribution < 1.29 is 0 Å². The summed E-state index contributed by atoms with van der Waals surface area (Å²) in [4.78, 5) is 0. The Morgan fingerprint density at radius 3 is 2.04 bits per heavy atom. The third kappa shape index (κ3) is 2.44. The molecule has 0 saturated carbocycles. The quantitative estimate of drug-likeness (QED) is 0.306. The topological polar surface area (TPSA) is 0 Å². The first-order valence-electron chi connectivity index (χ1n) is 8.88. The first kappa shape index (κ1) is 15.4. The smallest absolute Gasteiger partial charge is 0.0355 e. The number of aryl methyl sites for hydroxylation is 1. The molecule has 0 fully saturated rings. The molecule has 5 aromatic rings. The second kappa shape index (κ2) is 6.12. The first-order chi connectivity index (χ1) is 12.8. The zero-order valence-electron chi connectivity index (χ0n) is 14.6. The van der Waals surface area contributed by atoms with E-state index < -0.39 is 0 Å². The summed E-state index contributed by atoms with van der Waals surface area (Å²) in [6.45, 7) is 2.18. The maximum atomic E-state index is 2.35. The molecule has 0 aliphatic heterocycles. The van der Waals surface area contributed by atoms with Crippen LogP contribution in [0.1, 0.15) is 5.56 Å². The highest BCUT2D eigenvalue weighted by Gasteiger charge is 2.11. The van der Waals surface area contributed by atoms with Crippen LogP contribution in [0.4, 0.5) is 0 Å².